The fourth-order valence-corrected chi connectivity index (χ4v) is 3.29. The van der Waals surface area contributed by atoms with Crippen molar-refractivity contribution in [3.63, 3.8) is 0 Å². The molecule has 2 bridgehead atoms. The van der Waals surface area contributed by atoms with E-state index >= 15 is 0 Å². The Morgan fingerprint density at radius 2 is 1.95 bits per heavy atom. The zero-order valence-electron chi connectivity index (χ0n) is 12.8. The molecule has 0 spiro atoms. The van der Waals surface area contributed by atoms with Crippen molar-refractivity contribution < 1.29 is 4.74 Å². The molecule has 2 atom stereocenters. The van der Waals surface area contributed by atoms with Gasteiger partial charge in [0.1, 0.15) is 0 Å². The van der Waals surface area contributed by atoms with Crippen molar-refractivity contribution in [3.8, 4) is 0 Å². The van der Waals surface area contributed by atoms with E-state index in [0.29, 0.717) is 12.1 Å². The molecule has 1 saturated heterocycles. The van der Waals surface area contributed by atoms with Crippen LogP contribution in [-0.2, 0) is 11.2 Å². The summed E-state index contributed by atoms with van der Waals surface area (Å²) in [4.78, 5) is 2.46. The topological polar surface area (TPSA) is 12.5 Å². The van der Waals surface area contributed by atoms with Crippen molar-refractivity contribution >= 4 is 5.57 Å². The van der Waals surface area contributed by atoms with Crippen LogP contribution in [0.25, 0.3) is 5.57 Å². The Hall–Kier alpha value is -1.12. The molecule has 2 nitrogen and oxygen atoms in total. The van der Waals surface area contributed by atoms with Gasteiger partial charge in [0, 0.05) is 6.04 Å². The van der Waals surface area contributed by atoms with Gasteiger partial charge in [-0.15, -0.1) is 0 Å². The van der Waals surface area contributed by atoms with Crippen molar-refractivity contribution in [2.45, 2.75) is 38.8 Å². The van der Waals surface area contributed by atoms with Crippen molar-refractivity contribution in [3.05, 3.63) is 41.5 Å². The fourth-order valence-electron chi connectivity index (χ4n) is 3.29. The van der Waals surface area contributed by atoms with Crippen LogP contribution in [0.1, 0.15) is 31.4 Å². The van der Waals surface area contributed by atoms with Gasteiger partial charge in [0.05, 0.1) is 19.3 Å². The molecule has 20 heavy (non-hydrogen) atoms. The Balaban J connectivity index is 1.79. The molecule has 2 unspecified atom stereocenters. The van der Waals surface area contributed by atoms with Crippen molar-refractivity contribution in [2.24, 2.45) is 5.92 Å². The summed E-state index contributed by atoms with van der Waals surface area (Å²) in [5.74, 6) is 0.722. The minimum atomic E-state index is 0.452. The maximum atomic E-state index is 5.67. The van der Waals surface area contributed by atoms with Crippen molar-refractivity contribution in [1.82, 2.24) is 4.90 Å². The highest BCUT2D eigenvalue weighted by Gasteiger charge is 2.32. The lowest BCUT2D eigenvalue weighted by molar-refractivity contribution is -0.0221. The van der Waals surface area contributed by atoms with Crippen LogP contribution in [0.5, 0.6) is 0 Å². The van der Waals surface area contributed by atoms with Crippen LogP contribution < -0.4 is 0 Å². The second-order valence-corrected chi connectivity index (χ2v) is 6.62. The summed E-state index contributed by atoms with van der Waals surface area (Å²) in [7, 11) is 2.22. The number of benzene rings is 1. The van der Waals surface area contributed by atoms with E-state index in [1.165, 1.54) is 23.1 Å². The first-order valence-corrected chi connectivity index (χ1v) is 7.73. The van der Waals surface area contributed by atoms with E-state index in [1.54, 1.807) is 0 Å². The SMILES string of the molecule is CC(C)Cc1ccc(C2=CC3COCC(C2)N3C)cc1. The molecule has 0 aliphatic carbocycles. The van der Waals surface area contributed by atoms with E-state index in [4.69, 9.17) is 4.74 Å². The predicted octanol–water partition coefficient (Wildman–Crippen LogP) is 3.37. The molecule has 1 fully saturated rings. The van der Waals surface area contributed by atoms with Gasteiger partial charge in [0.25, 0.3) is 0 Å². The van der Waals surface area contributed by atoms with Crippen molar-refractivity contribution in [2.75, 3.05) is 20.3 Å². The summed E-state index contributed by atoms with van der Waals surface area (Å²) in [5.41, 5.74) is 4.33. The Kier molecular flexibility index (Phi) is 3.95. The van der Waals surface area contributed by atoms with Crippen LogP contribution in [0.15, 0.2) is 30.3 Å². The molecule has 0 N–H and O–H groups in total. The number of hydrogen-bond donors (Lipinski definition) is 0. The van der Waals surface area contributed by atoms with Gasteiger partial charge >= 0.3 is 0 Å². The number of ether oxygens (including phenoxy) is 1. The Morgan fingerprint density at radius 1 is 1.20 bits per heavy atom. The van der Waals surface area contributed by atoms with E-state index in [-0.39, 0.29) is 0 Å². The minimum Gasteiger partial charge on any atom is -0.378 e. The molecule has 2 heteroatoms. The predicted molar refractivity (Wildman–Crippen MR) is 83.7 cm³/mol. The molecular formula is C18H25NO. The third-order valence-corrected chi connectivity index (χ3v) is 4.52. The maximum Gasteiger partial charge on any atom is 0.0658 e. The Labute approximate surface area is 122 Å². The lowest BCUT2D eigenvalue weighted by Crippen LogP contribution is -2.51. The molecule has 1 aromatic carbocycles. The summed E-state index contributed by atoms with van der Waals surface area (Å²) >= 11 is 0. The highest BCUT2D eigenvalue weighted by molar-refractivity contribution is 5.68. The van der Waals surface area contributed by atoms with Crippen LogP contribution in [0.2, 0.25) is 0 Å². The molecule has 3 rings (SSSR count). The van der Waals surface area contributed by atoms with Gasteiger partial charge in [-0.05, 0) is 42.5 Å². The van der Waals surface area contributed by atoms with Gasteiger partial charge < -0.3 is 4.74 Å². The highest BCUT2D eigenvalue weighted by Crippen LogP contribution is 2.31. The van der Waals surface area contributed by atoms with Gasteiger partial charge in [-0.3, -0.25) is 4.90 Å². The average Bonchev–Trinajstić information content (AvgIpc) is 2.39. The van der Waals surface area contributed by atoms with E-state index in [2.05, 4.69) is 56.1 Å². The lowest BCUT2D eigenvalue weighted by atomic mass is 9.89. The van der Waals surface area contributed by atoms with E-state index < -0.39 is 0 Å². The quantitative estimate of drug-likeness (QED) is 0.835. The molecule has 0 aromatic heterocycles. The third kappa shape index (κ3) is 2.82. The van der Waals surface area contributed by atoms with Crippen molar-refractivity contribution in [1.29, 1.82) is 0 Å². The molecule has 2 aliphatic heterocycles. The zero-order chi connectivity index (χ0) is 14.1. The van der Waals surface area contributed by atoms with Crippen LogP contribution in [-0.4, -0.2) is 37.2 Å². The van der Waals surface area contributed by atoms with Crippen LogP contribution in [0, 0.1) is 5.92 Å². The number of nitrogens with zero attached hydrogens (tertiary/aromatic N) is 1. The Bertz CT molecular complexity index is 489. The van der Waals surface area contributed by atoms with Crippen LogP contribution >= 0.6 is 0 Å². The van der Waals surface area contributed by atoms with Gasteiger partial charge in [-0.1, -0.05) is 44.2 Å². The number of morpholine rings is 1. The molecule has 0 amide bonds. The summed E-state index contributed by atoms with van der Waals surface area (Å²) in [6.45, 7) is 6.25. The summed E-state index contributed by atoms with van der Waals surface area (Å²) in [5, 5.41) is 0. The monoisotopic (exact) mass is 271 g/mol. The van der Waals surface area contributed by atoms with Gasteiger partial charge in [-0.25, -0.2) is 0 Å². The molecular weight excluding hydrogens is 246 g/mol. The highest BCUT2D eigenvalue weighted by atomic mass is 16.5. The summed E-state index contributed by atoms with van der Waals surface area (Å²) in [6, 6.07) is 10.2. The van der Waals surface area contributed by atoms with Crippen LogP contribution in [0.4, 0.5) is 0 Å². The molecule has 0 saturated carbocycles. The average molecular weight is 271 g/mol. The van der Waals surface area contributed by atoms with E-state index in [1.807, 2.05) is 0 Å². The fraction of sp³-hybridized carbons (Fsp3) is 0.556. The number of rotatable bonds is 3. The van der Waals surface area contributed by atoms with E-state index in [0.717, 1.165) is 25.6 Å². The lowest BCUT2D eigenvalue weighted by Gasteiger charge is -2.42. The van der Waals surface area contributed by atoms with Crippen LogP contribution in [0.3, 0.4) is 0 Å². The zero-order valence-corrected chi connectivity index (χ0v) is 12.8. The van der Waals surface area contributed by atoms with Gasteiger partial charge in [0.2, 0.25) is 0 Å². The summed E-state index contributed by atoms with van der Waals surface area (Å²) < 4.78 is 5.67. The first kappa shape index (κ1) is 13.8. The molecule has 1 aromatic rings. The second kappa shape index (κ2) is 5.71. The van der Waals surface area contributed by atoms with Gasteiger partial charge in [-0.2, -0.15) is 0 Å². The standard InChI is InChI=1S/C18H25NO/c1-13(2)8-14-4-6-15(7-5-14)16-9-17-11-20-12-18(10-16)19(17)3/h4-7,9,13,17-18H,8,10-12H2,1-3H3. The molecule has 2 aliphatic rings. The molecule has 2 heterocycles. The largest absolute Gasteiger partial charge is 0.378 e. The first-order chi connectivity index (χ1) is 9.63. The first-order valence-electron chi connectivity index (χ1n) is 7.73. The maximum absolute atomic E-state index is 5.67. The molecule has 108 valence electrons. The number of hydrogen-bond acceptors (Lipinski definition) is 2. The van der Waals surface area contributed by atoms with E-state index in [9.17, 15) is 0 Å². The minimum absolute atomic E-state index is 0.452. The van der Waals surface area contributed by atoms with Gasteiger partial charge in [0.15, 0.2) is 0 Å². The number of fused-ring (bicyclic) bond motifs is 2. The molecule has 0 radical (unpaired) electrons. The smallest absolute Gasteiger partial charge is 0.0658 e. The number of likely N-dealkylation sites (N-methyl/N-ethyl adjacent to an activating group) is 1. The Morgan fingerprint density at radius 3 is 2.60 bits per heavy atom. The second-order valence-electron chi connectivity index (χ2n) is 6.62. The normalized spacial score (nSPS) is 26.7. The third-order valence-electron chi connectivity index (χ3n) is 4.52. The summed E-state index contributed by atoms with van der Waals surface area (Å²) in [6.07, 6.45) is 4.67.